The molecule has 1 aromatic carbocycles. The molecule has 1 fully saturated rings. The Balaban J connectivity index is 1.87. The van der Waals surface area contributed by atoms with Crippen molar-refractivity contribution >= 4 is 17.9 Å². The summed E-state index contributed by atoms with van der Waals surface area (Å²) in [6.07, 6.45) is 1.51. The zero-order valence-electron chi connectivity index (χ0n) is 15.7. The van der Waals surface area contributed by atoms with E-state index >= 15 is 0 Å². The number of carbonyl (C=O) groups excluding carboxylic acids is 3. The van der Waals surface area contributed by atoms with E-state index in [9.17, 15) is 14.4 Å². The highest BCUT2D eigenvalue weighted by atomic mass is 16.6. The van der Waals surface area contributed by atoms with E-state index in [1.807, 2.05) is 6.07 Å². The van der Waals surface area contributed by atoms with Gasteiger partial charge in [-0.05, 0) is 57.9 Å². The Kier molecular flexibility index (Phi) is 6.40. The molecule has 144 valence electrons. The van der Waals surface area contributed by atoms with Crippen molar-refractivity contribution in [2.45, 2.75) is 51.7 Å². The smallest absolute Gasteiger partial charge is 0.407 e. The van der Waals surface area contributed by atoms with Crippen molar-refractivity contribution < 1.29 is 19.1 Å². The second-order valence-corrected chi connectivity index (χ2v) is 7.42. The van der Waals surface area contributed by atoms with Crippen LogP contribution >= 0.6 is 0 Å². The summed E-state index contributed by atoms with van der Waals surface area (Å²) in [5.41, 5.74) is 4.92. The number of nitriles is 1. The molecule has 0 heterocycles. The number of nitrogens with zero attached hydrogens (tertiary/aromatic N) is 1. The number of hydrazine groups is 1. The van der Waals surface area contributed by atoms with Crippen LogP contribution in [0.1, 0.15) is 56.0 Å². The van der Waals surface area contributed by atoms with E-state index < -0.39 is 23.5 Å². The van der Waals surface area contributed by atoms with Gasteiger partial charge in [0.15, 0.2) is 0 Å². The van der Waals surface area contributed by atoms with E-state index in [1.54, 1.807) is 20.8 Å². The van der Waals surface area contributed by atoms with Gasteiger partial charge in [0.1, 0.15) is 5.60 Å². The van der Waals surface area contributed by atoms with Crippen LogP contribution in [0.15, 0.2) is 24.3 Å². The maximum Gasteiger partial charge on any atom is 0.407 e. The second-order valence-electron chi connectivity index (χ2n) is 7.42. The lowest BCUT2D eigenvalue weighted by molar-refractivity contribution is -0.126. The van der Waals surface area contributed by atoms with E-state index in [2.05, 4.69) is 16.2 Å². The molecule has 1 aliphatic carbocycles. The third-order valence-electron chi connectivity index (χ3n) is 4.13. The van der Waals surface area contributed by atoms with Crippen LogP contribution in [0.2, 0.25) is 0 Å². The number of carbonyl (C=O) groups is 3. The van der Waals surface area contributed by atoms with Crippen molar-refractivity contribution in [2.24, 2.45) is 5.92 Å². The number of hydrogen-bond acceptors (Lipinski definition) is 5. The van der Waals surface area contributed by atoms with Gasteiger partial charge in [0, 0.05) is 11.6 Å². The normalized spacial score (nSPS) is 18.9. The summed E-state index contributed by atoms with van der Waals surface area (Å²) in [5, 5.41) is 11.5. The molecule has 3 amide bonds. The number of amides is 3. The summed E-state index contributed by atoms with van der Waals surface area (Å²) in [4.78, 5) is 36.4. The van der Waals surface area contributed by atoms with Crippen LogP contribution in [0.4, 0.5) is 4.79 Å². The highest BCUT2D eigenvalue weighted by molar-refractivity contribution is 5.95. The summed E-state index contributed by atoms with van der Waals surface area (Å²) in [7, 11) is 0. The van der Waals surface area contributed by atoms with Gasteiger partial charge in [-0.25, -0.2) is 4.79 Å². The Hall–Kier alpha value is -3.08. The van der Waals surface area contributed by atoms with Gasteiger partial charge in [0.25, 0.3) is 5.91 Å². The second kappa shape index (κ2) is 8.54. The topological polar surface area (TPSA) is 120 Å². The molecule has 0 bridgehead atoms. The van der Waals surface area contributed by atoms with Crippen LogP contribution in [0.5, 0.6) is 0 Å². The zero-order chi connectivity index (χ0) is 20.0. The molecule has 8 nitrogen and oxygen atoms in total. The van der Waals surface area contributed by atoms with Gasteiger partial charge in [0.2, 0.25) is 5.91 Å². The van der Waals surface area contributed by atoms with Crippen LogP contribution in [0, 0.1) is 17.2 Å². The fourth-order valence-electron chi connectivity index (χ4n) is 2.88. The Morgan fingerprint density at radius 1 is 1.11 bits per heavy atom. The van der Waals surface area contributed by atoms with E-state index in [0.29, 0.717) is 24.0 Å². The van der Waals surface area contributed by atoms with Gasteiger partial charge in [-0.3, -0.25) is 20.4 Å². The third kappa shape index (κ3) is 5.99. The zero-order valence-corrected chi connectivity index (χ0v) is 15.7. The molecule has 0 unspecified atom stereocenters. The minimum Gasteiger partial charge on any atom is -0.444 e. The lowest BCUT2D eigenvalue weighted by Gasteiger charge is -2.24. The van der Waals surface area contributed by atoms with Crippen LogP contribution in [-0.4, -0.2) is 29.6 Å². The van der Waals surface area contributed by atoms with Gasteiger partial charge in [-0.2, -0.15) is 5.26 Å². The SMILES string of the molecule is CC(C)(C)OC(=O)N[C@@H]1CCC[C@@H]1C(=O)NNC(=O)c1ccc(C#N)cc1. The first-order chi connectivity index (χ1) is 12.7. The molecule has 1 saturated carbocycles. The van der Waals surface area contributed by atoms with E-state index in [4.69, 9.17) is 10.00 Å². The van der Waals surface area contributed by atoms with Crippen LogP contribution in [-0.2, 0) is 9.53 Å². The van der Waals surface area contributed by atoms with Crippen molar-refractivity contribution in [2.75, 3.05) is 0 Å². The largest absolute Gasteiger partial charge is 0.444 e. The van der Waals surface area contributed by atoms with Gasteiger partial charge < -0.3 is 10.1 Å². The van der Waals surface area contributed by atoms with Crippen molar-refractivity contribution in [3.05, 3.63) is 35.4 Å². The van der Waals surface area contributed by atoms with Gasteiger partial charge in [-0.15, -0.1) is 0 Å². The molecule has 0 spiro atoms. The Labute approximate surface area is 158 Å². The molecule has 0 saturated heterocycles. The predicted molar refractivity (Wildman–Crippen MR) is 97.3 cm³/mol. The summed E-state index contributed by atoms with van der Waals surface area (Å²) in [6, 6.07) is 7.68. The van der Waals surface area contributed by atoms with Gasteiger partial charge >= 0.3 is 6.09 Å². The Bertz CT molecular complexity index is 746. The lowest BCUT2D eigenvalue weighted by atomic mass is 10.0. The van der Waals surface area contributed by atoms with E-state index in [0.717, 1.165) is 6.42 Å². The first-order valence-corrected chi connectivity index (χ1v) is 8.79. The average molecular weight is 372 g/mol. The number of ether oxygens (including phenoxy) is 1. The first kappa shape index (κ1) is 20.2. The van der Waals surface area contributed by atoms with Crippen LogP contribution in [0.3, 0.4) is 0 Å². The summed E-state index contributed by atoms with van der Waals surface area (Å²) >= 11 is 0. The van der Waals surface area contributed by atoms with Crippen molar-refractivity contribution in [1.82, 2.24) is 16.2 Å². The third-order valence-corrected chi connectivity index (χ3v) is 4.13. The number of rotatable bonds is 3. The highest BCUT2D eigenvalue weighted by Crippen LogP contribution is 2.26. The molecular formula is C19H24N4O4. The maximum atomic E-state index is 12.4. The fourth-order valence-corrected chi connectivity index (χ4v) is 2.88. The molecule has 27 heavy (non-hydrogen) atoms. The van der Waals surface area contributed by atoms with Crippen molar-refractivity contribution in [1.29, 1.82) is 5.26 Å². The molecule has 3 N–H and O–H groups in total. The number of benzene rings is 1. The molecular weight excluding hydrogens is 348 g/mol. The summed E-state index contributed by atoms with van der Waals surface area (Å²) < 4.78 is 5.23. The number of nitrogens with one attached hydrogen (secondary N) is 3. The number of alkyl carbamates (subject to hydrolysis) is 1. The van der Waals surface area contributed by atoms with Crippen LogP contribution in [0.25, 0.3) is 0 Å². The molecule has 1 aromatic rings. The number of hydrogen-bond donors (Lipinski definition) is 3. The summed E-state index contributed by atoms with van der Waals surface area (Å²) in [5.74, 6) is -1.29. The minimum absolute atomic E-state index is 0.323. The van der Waals surface area contributed by atoms with Crippen LogP contribution < -0.4 is 16.2 Å². The van der Waals surface area contributed by atoms with Gasteiger partial charge in [-0.1, -0.05) is 6.42 Å². The Morgan fingerprint density at radius 2 is 1.78 bits per heavy atom. The van der Waals surface area contributed by atoms with E-state index in [-0.39, 0.29) is 11.9 Å². The standard InChI is InChI=1S/C19H24N4O4/c1-19(2,3)27-18(26)21-15-6-4-5-14(15)17(25)23-22-16(24)13-9-7-12(11-20)8-10-13/h7-10,14-15H,4-6H2,1-3H3,(H,21,26)(H,22,24)(H,23,25)/t14-,15+/m0/s1. The Morgan fingerprint density at radius 3 is 2.37 bits per heavy atom. The van der Waals surface area contributed by atoms with Crippen molar-refractivity contribution in [3.63, 3.8) is 0 Å². The molecule has 1 aliphatic rings. The molecule has 8 heteroatoms. The molecule has 0 aromatic heterocycles. The maximum absolute atomic E-state index is 12.4. The monoisotopic (exact) mass is 372 g/mol. The van der Waals surface area contributed by atoms with Crippen molar-refractivity contribution in [3.8, 4) is 6.07 Å². The average Bonchev–Trinajstić information content (AvgIpc) is 3.05. The molecule has 0 aliphatic heterocycles. The fraction of sp³-hybridized carbons (Fsp3) is 0.474. The van der Waals surface area contributed by atoms with E-state index in [1.165, 1.54) is 24.3 Å². The predicted octanol–water partition coefficient (Wildman–Crippen LogP) is 2.01. The lowest BCUT2D eigenvalue weighted by Crippen LogP contribution is -2.50. The quantitative estimate of drug-likeness (QED) is 0.701. The first-order valence-electron chi connectivity index (χ1n) is 8.79. The summed E-state index contributed by atoms with van der Waals surface area (Å²) in [6.45, 7) is 5.30. The molecule has 2 atom stereocenters. The highest BCUT2D eigenvalue weighted by Gasteiger charge is 2.35. The molecule has 2 rings (SSSR count). The molecule has 0 radical (unpaired) electrons. The minimum atomic E-state index is -0.616. The van der Waals surface area contributed by atoms with Gasteiger partial charge in [0.05, 0.1) is 17.6 Å².